The highest BCUT2D eigenvalue weighted by Crippen LogP contribution is 2.18. The average molecular weight is 383 g/mol. The van der Waals surface area contributed by atoms with E-state index in [-0.39, 0.29) is 5.91 Å². The molecule has 150 valence electrons. The van der Waals surface area contributed by atoms with Crippen LogP contribution in [0.1, 0.15) is 23.1 Å². The third-order valence-electron chi connectivity index (χ3n) is 5.83. The molecule has 1 N–H and O–H groups in total. The number of nitrogens with one attached hydrogen (secondary N) is 1. The van der Waals surface area contributed by atoms with Crippen molar-refractivity contribution in [3.8, 4) is 0 Å². The Morgan fingerprint density at radius 3 is 2.61 bits per heavy atom. The fourth-order valence-electron chi connectivity index (χ4n) is 4.01. The number of para-hydroxylation sites is 1. The van der Waals surface area contributed by atoms with E-state index < -0.39 is 0 Å². The van der Waals surface area contributed by atoms with Gasteiger partial charge in [-0.25, -0.2) is 0 Å². The standard InChI is InChI=1S/C21H30N6O/c1-17(15-25-10-8-24(2)9-11-25)26-12-13-27-19(16-26)14-20(23-27)21(28)22-18-6-4-3-5-7-18/h3-7,14,17H,8-13,15-16H2,1-2H3,(H,22,28)/t17-/m0/s1. The summed E-state index contributed by atoms with van der Waals surface area (Å²) in [6, 6.07) is 12.0. The second kappa shape index (κ2) is 8.43. The first kappa shape index (κ1) is 19.1. The normalized spacial score (nSPS) is 19.9. The lowest BCUT2D eigenvalue weighted by atomic mass is 10.2. The number of likely N-dealkylation sites (N-methyl/N-ethyl adjacent to an activating group) is 1. The predicted octanol–water partition coefficient (Wildman–Crippen LogP) is 1.59. The van der Waals surface area contributed by atoms with Crippen molar-refractivity contribution < 1.29 is 4.79 Å². The van der Waals surface area contributed by atoms with Gasteiger partial charge in [-0.15, -0.1) is 0 Å². The fourth-order valence-corrected chi connectivity index (χ4v) is 4.01. The van der Waals surface area contributed by atoms with Gasteiger partial charge in [0.05, 0.1) is 12.2 Å². The molecule has 1 amide bonds. The number of anilines is 1. The van der Waals surface area contributed by atoms with E-state index in [0.29, 0.717) is 11.7 Å². The number of benzene rings is 1. The van der Waals surface area contributed by atoms with E-state index in [1.54, 1.807) is 0 Å². The summed E-state index contributed by atoms with van der Waals surface area (Å²) in [5.74, 6) is -0.148. The van der Waals surface area contributed by atoms with Crippen molar-refractivity contribution in [1.82, 2.24) is 24.5 Å². The van der Waals surface area contributed by atoms with Gasteiger partial charge < -0.3 is 10.2 Å². The molecule has 0 spiro atoms. The van der Waals surface area contributed by atoms with Crippen molar-refractivity contribution in [2.45, 2.75) is 26.1 Å². The lowest BCUT2D eigenvalue weighted by Gasteiger charge is -2.38. The Morgan fingerprint density at radius 2 is 1.86 bits per heavy atom. The molecule has 7 heteroatoms. The summed E-state index contributed by atoms with van der Waals surface area (Å²) in [5.41, 5.74) is 2.41. The van der Waals surface area contributed by atoms with Crippen molar-refractivity contribution in [2.75, 3.05) is 51.6 Å². The number of carbonyl (C=O) groups excluding carboxylic acids is 1. The van der Waals surface area contributed by atoms with Gasteiger partial charge in [-0.3, -0.25) is 19.3 Å². The number of nitrogens with zero attached hydrogens (tertiary/aromatic N) is 5. The highest BCUT2D eigenvalue weighted by molar-refractivity contribution is 6.02. The van der Waals surface area contributed by atoms with Gasteiger partial charge in [-0.05, 0) is 32.2 Å². The number of carbonyl (C=O) groups is 1. The smallest absolute Gasteiger partial charge is 0.276 e. The molecular formula is C21H30N6O. The van der Waals surface area contributed by atoms with E-state index >= 15 is 0 Å². The molecule has 1 saturated heterocycles. The number of hydrogen-bond donors (Lipinski definition) is 1. The van der Waals surface area contributed by atoms with Crippen LogP contribution in [0.3, 0.4) is 0 Å². The summed E-state index contributed by atoms with van der Waals surface area (Å²) in [4.78, 5) is 20.0. The highest BCUT2D eigenvalue weighted by Gasteiger charge is 2.25. The summed E-state index contributed by atoms with van der Waals surface area (Å²) < 4.78 is 1.99. The molecule has 0 bridgehead atoms. The van der Waals surface area contributed by atoms with Crippen LogP contribution in [0, 0.1) is 0 Å². The zero-order valence-corrected chi connectivity index (χ0v) is 16.8. The van der Waals surface area contributed by atoms with Gasteiger partial charge in [0.2, 0.25) is 0 Å². The van der Waals surface area contributed by atoms with E-state index in [4.69, 9.17) is 0 Å². The maximum Gasteiger partial charge on any atom is 0.276 e. The number of piperazine rings is 1. The van der Waals surface area contributed by atoms with Crippen molar-refractivity contribution in [2.24, 2.45) is 0 Å². The Morgan fingerprint density at radius 1 is 1.11 bits per heavy atom. The molecule has 2 aliphatic rings. The van der Waals surface area contributed by atoms with Gasteiger partial charge in [-0.1, -0.05) is 18.2 Å². The second-order valence-electron chi connectivity index (χ2n) is 7.99. The van der Waals surface area contributed by atoms with Crippen molar-refractivity contribution in [1.29, 1.82) is 0 Å². The lowest BCUT2D eigenvalue weighted by Crippen LogP contribution is -2.50. The van der Waals surface area contributed by atoms with Gasteiger partial charge in [0.25, 0.3) is 5.91 Å². The third kappa shape index (κ3) is 4.43. The van der Waals surface area contributed by atoms with Crippen LogP contribution < -0.4 is 5.32 Å². The Bertz CT molecular complexity index is 796. The van der Waals surface area contributed by atoms with Crippen LogP contribution in [-0.4, -0.2) is 82.7 Å². The van der Waals surface area contributed by atoms with Gasteiger partial charge in [0.15, 0.2) is 5.69 Å². The van der Waals surface area contributed by atoms with E-state index in [1.165, 1.54) is 0 Å². The SMILES string of the molecule is C[C@@H](CN1CCN(C)CC1)N1CCn2nc(C(=O)Nc3ccccc3)cc2C1. The molecule has 0 aliphatic carbocycles. The van der Waals surface area contributed by atoms with Gasteiger partial charge >= 0.3 is 0 Å². The predicted molar refractivity (Wildman–Crippen MR) is 110 cm³/mol. The first-order valence-corrected chi connectivity index (χ1v) is 10.2. The summed E-state index contributed by atoms with van der Waals surface area (Å²) in [5, 5.41) is 7.45. The minimum absolute atomic E-state index is 0.148. The monoisotopic (exact) mass is 382 g/mol. The second-order valence-corrected chi connectivity index (χ2v) is 7.99. The van der Waals surface area contributed by atoms with Crippen LogP contribution in [-0.2, 0) is 13.1 Å². The van der Waals surface area contributed by atoms with Crippen LogP contribution in [0.15, 0.2) is 36.4 Å². The number of amides is 1. The summed E-state index contributed by atoms with van der Waals surface area (Å²) in [6.45, 7) is 10.7. The van der Waals surface area contributed by atoms with Crippen molar-refractivity contribution in [3.63, 3.8) is 0 Å². The van der Waals surface area contributed by atoms with Crippen LogP contribution in [0.4, 0.5) is 5.69 Å². The van der Waals surface area contributed by atoms with Gasteiger partial charge in [-0.2, -0.15) is 5.10 Å². The molecule has 0 saturated carbocycles. The topological polar surface area (TPSA) is 56.6 Å². The lowest BCUT2D eigenvalue weighted by molar-refractivity contribution is 0.0903. The van der Waals surface area contributed by atoms with Crippen LogP contribution in [0.5, 0.6) is 0 Å². The zero-order chi connectivity index (χ0) is 19.5. The molecular weight excluding hydrogens is 352 g/mol. The largest absolute Gasteiger partial charge is 0.321 e. The zero-order valence-electron chi connectivity index (χ0n) is 16.8. The van der Waals surface area contributed by atoms with Gasteiger partial charge in [0.1, 0.15) is 0 Å². The van der Waals surface area contributed by atoms with Gasteiger partial charge in [0, 0.05) is 57.5 Å². The van der Waals surface area contributed by atoms with Crippen LogP contribution >= 0.6 is 0 Å². The Labute approximate surface area is 166 Å². The number of hydrogen-bond acceptors (Lipinski definition) is 5. The van der Waals surface area contributed by atoms with Crippen LogP contribution in [0.25, 0.3) is 0 Å². The van der Waals surface area contributed by atoms with Crippen molar-refractivity contribution >= 4 is 11.6 Å². The number of aromatic nitrogens is 2. The van der Waals surface area contributed by atoms with E-state index in [2.05, 4.69) is 39.1 Å². The summed E-state index contributed by atoms with van der Waals surface area (Å²) in [6.07, 6.45) is 0. The highest BCUT2D eigenvalue weighted by atomic mass is 16.2. The summed E-state index contributed by atoms with van der Waals surface area (Å²) in [7, 11) is 2.19. The third-order valence-corrected chi connectivity index (χ3v) is 5.83. The molecule has 28 heavy (non-hydrogen) atoms. The molecule has 7 nitrogen and oxygen atoms in total. The van der Waals surface area contributed by atoms with E-state index in [0.717, 1.165) is 63.7 Å². The minimum Gasteiger partial charge on any atom is -0.321 e. The Balaban J connectivity index is 1.35. The first-order valence-electron chi connectivity index (χ1n) is 10.2. The molecule has 3 heterocycles. The maximum absolute atomic E-state index is 12.5. The van der Waals surface area contributed by atoms with E-state index in [9.17, 15) is 4.79 Å². The summed E-state index contributed by atoms with van der Waals surface area (Å²) >= 11 is 0. The molecule has 2 aliphatic heterocycles. The molecule has 2 aromatic rings. The molecule has 1 fully saturated rings. The number of fused-ring (bicyclic) bond motifs is 1. The average Bonchev–Trinajstić information content (AvgIpc) is 3.14. The Kier molecular flexibility index (Phi) is 5.75. The first-order chi connectivity index (χ1) is 13.6. The molecule has 4 rings (SSSR count). The Hall–Kier alpha value is -2.22. The molecule has 0 radical (unpaired) electrons. The number of rotatable bonds is 5. The van der Waals surface area contributed by atoms with E-state index in [1.807, 2.05) is 41.1 Å². The minimum atomic E-state index is -0.148. The molecule has 1 aromatic carbocycles. The molecule has 0 unspecified atom stereocenters. The van der Waals surface area contributed by atoms with Crippen molar-refractivity contribution in [3.05, 3.63) is 47.8 Å². The molecule has 1 aromatic heterocycles. The fraction of sp³-hybridized carbons (Fsp3) is 0.524. The maximum atomic E-state index is 12.5. The van der Waals surface area contributed by atoms with Crippen LogP contribution in [0.2, 0.25) is 0 Å². The quantitative estimate of drug-likeness (QED) is 0.851. The molecule has 1 atom stereocenters.